The second-order valence-corrected chi connectivity index (χ2v) is 5.04. The Morgan fingerprint density at radius 2 is 2.00 bits per heavy atom. The highest BCUT2D eigenvalue weighted by Gasteiger charge is 2.02. The Labute approximate surface area is 124 Å². The third kappa shape index (κ3) is 4.56. The highest BCUT2D eigenvalue weighted by Crippen LogP contribution is 2.17. The molecule has 0 aliphatic rings. The molecular formula is C16H21N3O2. The van der Waals surface area contributed by atoms with Crippen molar-refractivity contribution in [2.75, 3.05) is 5.32 Å². The summed E-state index contributed by atoms with van der Waals surface area (Å²) in [6.07, 6.45) is 1.81. The van der Waals surface area contributed by atoms with Gasteiger partial charge < -0.3 is 20.2 Å². The van der Waals surface area contributed by atoms with Gasteiger partial charge in [0.25, 0.3) is 0 Å². The minimum Gasteiger partial charge on any atom is -0.491 e. The number of hydrogen-bond acceptors (Lipinski definition) is 3. The van der Waals surface area contributed by atoms with E-state index in [1.54, 1.807) is 6.26 Å². The largest absolute Gasteiger partial charge is 0.491 e. The number of hydrogen-bond donors (Lipinski definition) is 2. The second kappa shape index (κ2) is 6.83. The number of nitrogens with one attached hydrogen (secondary N) is 1. The molecule has 5 heteroatoms. The predicted molar refractivity (Wildman–Crippen MR) is 84.6 cm³/mol. The van der Waals surface area contributed by atoms with E-state index in [1.165, 1.54) is 0 Å². The van der Waals surface area contributed by atoms with E-state index in [0.717, 1.165) is 22.8 Å². The quantitative estimate of drug-likeness (QED) is 0.653. The molecule has 3 N–H and O–H groups in total. The predicted octanol–water partition coefficient (Wildman–Crippen LogP) is 3.30. The topological polar surface area (TPSA) is 72.8 Å². The SMILES string of the molecule is Cc1ccoc1CN=C(N)Nc1ccc(OC(C)C)cc1. The van der Waals surface area contributed by atoms with Gasteiger partial charge in [0, 0.05) is 5.69 Å². The van der Waals surface area contributed by atoms with Crippen molar-refractivity contribution in [1.82, 2.24) is 0 Å². The summed E-state index contributed by atoms with van der Waals surface area (Å²) in [6.45, 7) is 6.39. The summed E-state index contributed by atoms with van der Waals surface area (Å²) < 4.78 is 10.9. The van der Waals surface area contributed by atoms with Gasteiger partial charge in [-0.15, -0.1) is 0 Å². The number of rotatable bonds is 5. The normalized spacial score (nSPS) is 11.7. The van der Waals surface area contributed by atoms with Crippen LogP contribution in [0.25, 0.3) is 0 Å². The summed E-state index contributed by atoms with van der Waals surface area (Å²) in [4.78, 5) is 4.25. The Bertz CT molecular complexity index is 600. The average Bonchev–Trinajstić information content (AvgIpc) is 2.84. The first-order chi connectivity index (χ1) is 10.0. The number of nitrogens with zero attached hydrogens (tertiary/aromatic N) is 1. The van der Waals surface area contributed by atoms with Crippen molar-refractivity contribution in [2.24, 2.45) is 10.7 Å². The molecule has 0 atom stereocenters. The fourth-order valence-electron chi connectivity index (χ4n) is 1.80. The second-order valence-electron chi connectivity index (χ2n) is 5.04. The van der Waals surface area contributed by atoms with Gasteiger partial charge in [-0.1, -0.05) is 0 Å². The van der Waals surface area contributed by atoms with Crippen LogP contribution in [0.5, 0.6) is 5.75 Å². The highest BCUT2D eigenvalue weighted by atomic mass is 16.5. The molecule has 2 aromatic rings. The summed E-state index contributed by atoms with van der Waals surface area (Å²) in [5.41, 5.74) is 7.79. The maximum atomic E-state index is 5.86. The molecule has 0 spiro atoms. The summed E-state index contributed by atoms with van der Waals surface area (Å²) >= 11 is 0. The average molecular weight is 287 g/mol. The van der Waals surface area contributed by atoms with E-state index in [2.05, 4.69) is 10.3 Å². The van der Waals surface area contributed by atoms with Crippen LogP contribution in [0.3, 0.4) is 0 Å². The monoisotopic (exact) mass is 287 g/mol. The van der Waals surface area contributed by atoms with Crippen LogP contribution in [0.15, 0.2) is 46.0 Å². The molecule has 21 heavy (non-hydrogen) atoms. The number of aryl methyl sites for hydroxylation is 1. The van der Waals surface area contributed by atoms with Crippen LogP contribution in [-0.2, 0) is 6.54 Å². The van der Waals surface area contributed by atoms with Crippen LogP contribution in [-0.4, -0.2) is 12.1 Å². The number of aliphatic imine (C=N–C) groups is 1. The Kier molecular flexibility index (Phi) is 4.87. The molecule has 5 nitrogen and oxygen atoms in total. The first-order valence-corrected chi connectivity index (χ1v) is 6.91. The molecular weight excluding hydrogens is 266 g/mol. The highest BCUT2D eigenvalue weighted by molar-refractivity contribution is 5.92. The maximum Gasteiger partial charge on any atom is 0.193 e. The molecule has 112 valence electrons. The molecule has 2 rings (SSSR count). The van der Waals surface area contributed by atoms with E-state index in [0.29, 0.717) is 12.5 Å². The van der Waals surface area contributed by atoms with Crippen molar-refractivity contribution in [2.45, 2.75) is 33.4 Å². The van der Waals surface area contributed by atoms with Crippen LogP contribution < -0.4 is 15.8 Å². The fourth-order valence-corrected chi connectivity index (χ4v) is 1.80. The summed E-state index contributed by atoms with van der Waals surface area (Å²) in [5, 5.41) is 3.03. The van der Waals surface area contributed by atoms with E-state index in [1.807, 2.05) is 51.1 Å². The lowest BCUT2D eigenvalue weighted by atomic mass is 10.3. The molecule has 1 heterocycles. The molecule has 0 aliphatic carbocycles. The Balaban J connectivity index is 1.93. The van der Waals surface area contributed by atoms with Gasteiger partial charge in [-0.3, -0.25) is 0 Å². The Hall–Kier alpha value is -2.43. The van der Waals surface area contributed by atoms with Gasteiger partial charge in [0.15, 0.2) is 5.96 Å². The lowest BCUT2D eigenvalue weighted by Crippen LogP contribution is -2.22. The Morgan fingerprint density at radius 3 is 2.57 bits per heavy atom. The van der Waals surface area contributed by atoms with Crippen LogP contribution in [0.2, 0.25) is 0 Å². The standard InChI is InChI=1S/C16H21N3O2/c1-11(2)21-14-6-4-13(5-7-14)19-16(17)18-10-15-12(3)8-9-20-15/h4-9,11H,10H2,1-3H3,(H3,17,18,19). The van der Waals surface area contributed by atoms with Crippen molar-refractivity contribution in [3.8, 4) is 5.75 Å². The van der Waals surface area contributed by atoms with Crippen molar-refractivity contribution in [1.29, 1.82) is 0 Å². The van der Waals surface area contributed by atoms with Gasteiger partial charge in [-0.2, -0.15) is 0 Å². The van der Waals surface area contributed by atoms with Crippen molar-refractivity contribution < 1.29 is 9.15 Å². The molecule has 1 aromatic carbocycles. The molecule has 0 unspecified atom stereocenters. The van der Waals surface area contributed by atoms with E-state index in [4.69, 9.17) is 14.9 Å². The van der Waals surface area contributed by atoms with Crippen molar-refractivity contribution >= 4 is 11.6 Å². The molecule has 0 saturated heterocycles. The number of ether oxygens (including phenoxy) is 1. The van der Waals surface area contributed by atoms with Crippen molar-refractivity contribution in [3.05, 3.63) is 47.9 Å². The van der Waals surface area contributed by atoms with Crippen LogP contribution in [0, 0.1) is 6.92 Å². The van der Waals surface area contributed by atoms with Crippen LogP contribution in [0.1, 0.15) is 25.2 Å². The van der Waals surface area contributed by atoms with Gasteiger partial charge in [0.1, 0.15) is 18.1 Å². The van der Waals surface area contributed by atoms with Crippen LogP contribution in [0.4, 0.5) is 5.69 Å². The lowest BCUT2D eigenvalue weighted by Gasteiger charge is -2.10. The minimum absolute atomic E-state index is 0.159. The Morgan fingerprint density at radius 1 is 1.29 bits per heavy atom. The van der Waals surface area contributed by atoms with Gasteiger partial charge in [0.05, 0.1) is 12.4 Å². The maximum absolute atomic E-state index is 5.86. The summed E-state index contributed by atoms with van der Waals surface area (Å²) in [5.74, 6) is 2.00. The fraction of sp³-hybridized carbons (Fsp3) is 0.312. The smallest absolute Gasteiger partial charge is 0.193 e. The number of nitrogens with two attached hydrogens (primary N) is 1. The summed E-state index contributed by atoms with van der Waals surface area (Å²) in [6, 6.07) is 9.50. The molecule has 0 aliphatic heterocycles. The zero-order valence-corrected chi connectivity index (χ0v) is 12.6. The minimum atomic E-state index is 0.159. The third-order valence-electron chi connectivity index (χ3n) is 2.86. The number of furan rings is 1. The van der Waals surface area contributed by atoms with E-state index < -0.39 is 0 Å². The summed E-state index contributed by atoms with van der Waals surface area (Å²) in [7, 11) is 0. The van der Waals surface area contributed by atoms with E-state index in [9.17, 15) is 0 Å². The van der Waals surface area contributed by atoms with Crippen molar-refractivity contribution in [3.63, 3.8) is 0 Å². The molecule has 0 saturated carbocycles. The van der Waals surface area contributed by atoms with Gasteiger partial charge >= 0.3 is 0 Å². The number of guanidine groups is 1. The molecule has 0 fully saturated rings. The van der Waals surface area contributed by atoms with Gasteiger partial charge in [-0.25, -0.2) is 4.99 Å². The van der Waals surface area contributed by atoms with E-state index >= 15 is 0 Å². The molecule has 0 bridgehead atoms. The third-order valence-corrected chi connectivity index (χ3v) is 2.86. The zero-order valence-electron chi connectivity index (χ0n) is 12.6. The zero-order chi connectivity index (χ0) is 15.2. The molecule has 0 amide bonds. The van der Waals surface area contributed by atoms with Gasteiger partial charge in [-0.05, 0) is 56.7 Å². The molecule has 0 radical (unpaired) electrons. The number of anilines is 1. The van der Waals surface area contributed by atoms with E-state index in [-0.39, 0.29) is 6.10 Å². The first kappa shape index (κ1) is 15.0. The number of benzene rings is 1. The van der Waals surface area contributed by atoms with Crippen LogP contribution >= 0.6 is 0 Å². The first-order valence-electron chi connectivity index (χ1n) is 6.91. The van der Waals surface area contributed by atoms with Gasteiger partial charge in [0.2, 0.25) is 0 Å². The lowest BCUT2D eigenvalue weighted by molar-refractivity contribution is 0.242. The molecule has 1 aromatic heterocycles.